The van der Waals surface area contributed by atoms with E-state index in [9.17, 15) is 13.2 Å². The molecule has 0 N–H and O–H groups in total. The molecule has 110 valence electrons. The molecule has 7 heteroatoms. The van der Waals surface area contributed by atoms with E-state index in [0.717, 1.165) is 17.9 Å². The van der Waals surface area contributed by atoms with Gasteiger partial charge in [0.25, 0.3) is 5.91 Å². The number of hydrogen-bond acceptors (Lipinski definition) is 4. The van der Waals surface area contributed by atoms with E-state index in [1.165, 1.54) is 42.7 Å². The first-order chi connectivity index (χ1) is 9.46. The van der Waals surface area contributed by atoms with Gasteiger partial charge >= 0.3 is 0 Å². The molecule has 1 fully saturated rings. The normalized spacial score (nSPS) is 16.3. The number of sulfonamides is 1. The minimum Gasteiger partial charge on any atom is -0.274 e. The lowest BCUT2D eigenvalue weighted by atomic mass is 10.2. The second-order valence-corrected chi connectivity index (χ2v) is 6.56. The number of carbonyl (C=O) groups excluding carboxylic acids is 1. The zero-order chi connectivity index (χ0) is 14.8. The molecule has 1 aromatic carbocycles. The summed E-state index contributed by atoms with van der Waals surface area (Å²) in [5.74, 6) is -0.322. The van der Waals surface area contributed by atoms with Crippen molar-refractivity contribution in [2.45, 2.75) is 17.7 Å². The van der Waals surface area contributed by atoms with Gasteiger partial charge in [0, 0.05) is 25.7 Å². The molecule has 0 aromatic heterocycles. The van der Waals surface area contributed by atoms with Crippen LogP contribution >= 0.6 is 0 Å². The monoisotopic (exact) mass is 298 g/mol. The van der Waals surface area contributed by atoms with E-state index in [0.29, 0.717) is 18.7 Å². The van der Waals surface area contributed by atoms with Gasteiger partial charge < -0.3 is 0 Å². The Hall–Kier alpha value is -1.44. The van der Waals surface area contributed by atoms with Crippen molar-refractivity contribution in [3.8, 4) is 0 Å². The molecule has 0 atom stereocenters. The minimum absolute atomic E-state index is 0.219. The third-order valence-corrected chi connectivity index (χ3v) is 5.28. The van der Waals surface area contributed by atoms with E-state index in [1.54, 1.807) is 0 Å². The highest BCUT2D eigenvalue weighted by atomic mass is 32.2. The van der Waals surface area contributed by atoms with Crippen LogP contribution in [0, 0.1) is 0 Å². The molecule has 2 rings (SSSR count). The molecular weight excluding hydrogens is 280 g/mol. The van der Waals surface area contributed by atoms with Gasteiger partial charge in [-0.2, -0.15) is 4.31 Å². The van der Waals surface area contributed by atoms with E-state index >= 15 is 0 Å². The van der Waals surface area contributed by atoms with Crippen molar-refractivity contribution in [1.29, 1.82) is 0 Å². The van der Waals surface area contributed by atoms with Gasteiger partial charge in [-0.15, -0.1) is 0 Å². The first-order valence-corrected chi connectivity index (χ1v) is 7.83. The second-order valence-electron chi connectivity index (χ2n) is 4.62. The highest BCUT2D eigenvalue weighted by molar-refractivity contribution is 7.89. The molecule has 1 aromatic rings. The van der Waals surface area contributed by atoms with Crippen LogP contribution in [-0.2, 0) is 14.9 Å². The van der Waals surface area contributed by atoms with Gasteiger partial charge in [-0.05, 0) is 37.1 Å². The van der Waals surface area contributed by atoms with Gasteiger partial charge in [0.1, 0.15) is 0 Å². The molecule has 1 aliphatic heterocycles. The van der Waals surface area contributed by atoms with Crippen LogP contribution in [-0.4, -0.2) is 50.9 Å². The maximum Gasteiger partial charge on any atom is 0.277 e. The summed E-state index contributed by atoms with van der Waals surface area (Å²) in [6.45, 7) is 1.13. The van der Waals surface area contributed by atoms with Crippen LogP contribution in [0.1, 0.15) is 23.2 Å². The smallest absolute Gasteiger partial charge is 0.274 e. The zero-order valence-corrected chi connectivity index (χ0v) is 12.4. The number of carbonyl (C=O) groups is 1. The third-order valence-electron chi connectivity index (χ3n) is 3.36. The van der Waals surface area contributed by atoms with Crippen molar-refractivity contribution in [2.24, 2.45) is 0 Å². The van der Waals surface area contributed by atoms with Gasteiger partial charge in [-0.1, -0.05) is 0 Å². The quantitative estimate of drug-likeness (QED) is 0.781. The Morgan fingerprint density at radius 3 is 2.25 bits per heavy atom. The summed E-state index contributed by atoms with van der Waals surface area (Å²) < 4.78 is 26.1. The summed E-state index contributed by atoms with van der Waals surface area (Å²) in [6, 6.07) is 5.93. The van der Waals surface area contributed by atoms with E-state index in [-0.39, 0.29) is 10.8 Å². The summed E-state index contributed by atoms with van der Waals surface area (Å²) in [6.07, 6.45) is 1.79. The molecule has 0 aliphatic carbocycles. The van der Waals surface area contributed by atoms with Crippen LogP contribution in [0.25, 0.3) is 0 Å². The maximum atomic E-state index is 12.3. The molecule has 20 heavy (non-hydrogen) atoms. The average Bonchev–Trinajstić information content (AvgIpc) is 3.00. The lowest BCUT2D eigenvalue weighted by molar-refractivity contribution is -0.0757. The lowest BCUT2D eigenvalue weighted by Gasteiger charge is -2.16. The number of rotatable bonds is 4. The van der Waals surface area contributed by atoms with Gasteiger partial charge in [0.15, 0.2) is 0 Å². The Balaban J connectivity index is 2.22. The molecule has 6 nitrogen and oxygen atoms in total. The molecule has 0 bridgehead atoms. The average molecular weight is 298 g/mol. The Morgan fingerprint density at radius 2 is 1.75 bits per heavy atom. The summed E-state index contributed by atoms with van der Waals surface area (Å²) >= 11 is 0. The fourth-order valence-corrected chi connectivity index (χ4v) is 3.63. The van der Waals surface area contributed by atoms with E-state index in [2.05, 4.69) is 0 Å². The molecular formula is C13H18N2O4S. The van der Waals surface area contributed by atoms with Crippen LogP contribution in [0.5, 0.6) is 0 Å². The predicted molar refractivity (Wildman–Crippen MR) is 73.5 cm³/mol. The zero-order valence-electron chi connectivity index (χ0n) is 11.6. The molecule has 1 saturated heterocycles. The minimum atomic E-state index is -3.43. The number of hydrogen-bond donors (Lipinski definition) is 0. The van der Waals surface area contributed by atoms with E-state index in [1.807, 2.05) is 0 Å². The van der Waals surface area contributed by atoms with Crippen LogP contribution in [0.4, 0.5) is 0 Å². The van der Waals surface area contributed by atoms with Crippen molar-refractivity contribution in [3.05, 3.63) is 29.8 Å². The number of amides is 1. The van der Waals surface area contributed by atoms with Crippen LogP contribution < -0.4 is 0 Å². The van der Waals surface area contributed by atoms with Crippen molar-refractivity contribution < 1.29 is 18.0 Å². The van der Waals surface area contributed by atoms with Gasteiger partial charge in [-0.3, -0.25) is 9.63 Å². The predicted octanol–water partition coefficient (Wildman–Crippen LogP) is 1.10. The molecule has 0 unspecified atom stereocenters. The first-order valence-electron chi connectivity index (χ1n) is 6.39. The van der Waals surface area contributed by atoms with Crippen LogP contribution in [0.2, 0.25) is 0 Å². The van der Waals surface area contributed by atoms with Gasteiger partial charge in [0.05, 0.1) is 12.0 Å². The lowest BCUT2D eigenvalue weighted by Crippen LogP contribution is -2.28. The molecule has 1 amide bonds. The number of benzene rings is 1. The topological polar surface area (TPSA) is 66.9 Å². The van der Waals surface area contributed by atoms with Crippen molar-refractivity contribution in [2.75, 3.05) is 27.2 Å². The standard InChI is InChI=1S/C13H18N2O4S/c1-14(19-2)13(16)11-5-7-12(8-6-11)20(17,18)15-9-3-4-10-15/h5-8H,3-4,9-10H2,1-2H3. The molecule has 0 saturated carbocycles. The van der Waals surface area contributed by atoms with E-state index in [4.69, 9.17) is 4.84 Å². The third kappa shape index (κ3) is 2.84. The highest BCUT2D eigenvalue weighted by Crippen LogP contribution is 2.21. The van der Waals surface area contributed by atoms with Crippen molar-refractivity contribution >= 4 is 15.9 Å². The molecule has 0 spiro atoms. The summed E-state index contributed by atoms with van der Waals surface area (Å²) in [7, 11) is -0.540. The van der Waals surface area contributed by atoms with Gasteiger partial charge in [0.2, 0.25) is 10.0 Å². The summed E-state index contributed by atoms with van der Waals surface area (Å²) in [5.41, 5.74) is 0.384. The fourth-order valence-electron chi connectivity index (χ4n) is 2.11. The Morgan fingerprint density at radius 1 is 1.20 bits per heavy atom. The maximum absolute atomic E-state index is 12.3. The summed E-state index contributed by atoms with van der Waals surface area (Å²) in [4.78, 5) is 16.9. The van der Waals surface area contributed by atoms with Crippen molar-refractivity contribution in [1.82, 2.24) is 9.37 Å². The highest BCUT2D eigenvalue weighted by Gasteiger charge is 2.27. The molecule has 0 radical (unpaired) electrons. The Labute approximate surface area is 118 Å². The largest absolute Gasteiger partial charge is 0.277 e. The van der Waals surface area contributed by atoms with Crippen LogP contribution in [0.3, 0.4) is 0 Å². The Kier molecular flexibility index (Phi) is 4.42. The number of nitrogens with zero attached hydrogens (tertiary/aromatic N) is 2. The first kappa shape index (κ1) is 15.0. The molecule has 1 heterocycles. The second kappa shape index (κ2) is 5.90. The molecule has 1 aliphatic rings. The summed E-state index contributed by atoms with van der Waals surface area (Å²) in [5, 5.41) is 1.09. The van der Waals surface area contributed by atoms with Gasteiger partial charge in [-0.25, -0.2) is 13.5 Å². The number of hydroxylamine groups is 2. The SMILES string of the molecule is CON(C)C(=O)c1ccc(S(=O)(=O)N2CCCC2)cc1. The van der Waals surface area contributed by atoms with Crippen molar-refractivity contribution in [3.63, 3.8) is 0 Å². The Bertz CT molecular complexity index is 577. The fraction of sp³-hybridized carbons (Fsp3) is 0.462. The van der Waals surface area contributed by atoms with E-state index < -0.39 is 10.0 Å². The van der Waals surface area contributed by atoms with Crippen LogP contribution in [0.15, 0.2) is 29.2 Å².